The number of hydrogen-bond acceptors (Lipinski definition) is 2. The van der Waals surface area contributed by atoms with E-state index in [-0.39, 0.29) is 30.1 Å². The van der Waals surface area contributed by atoms with Crippen LogP contribution in [0.3, 0.4) is 0 Å². The molecular weight excluding hydrogens is 324 g/mol. The van der Waals surface area contributed by atoms with Gasteiger partial charge in [0.15, 0.2) is 0 Å². The van der Waals surface area contributed by atoms with Crippen molar-refractivity contribution in [3.8, 4) is 0 Å². The molecule has 0 bridgehead atoms. The van der Waals surface area contributed by atoms with Gasteiger partial charge in [0.1, 0.15) is 5.82 Å². The highest BCUT2D eigenvalue weighted by atomic mass is 19.3. The number of aromatic nitrogens is 2. The van der Waals surface area contributed by atoms with Crippen LogP contribution in [0.15, 0.2) is 54.9 Å². The first-order valence-electron chi connectivity index (χ1n) is 8.44. The number of imidazole rings is 1. The third-order valence-corrected chi connectivity index (χ3v) is 4.44. The molecule has 3 rings (SSSR count). The van der Waals surface area contributed by atoms with E-state index in [9.17, 15) is 13.6 Å². The molecule has 0 radical (unpaired) electrons. The average Bonchev–Trinajstić information content (AvgIpc) is 3.26. The van der Waals surface area contributed by atoms with Crippen molar-refractivity contribution in [3.05, 3.63) is 66.3 Å². The smallest absolute Gasteiger partial charge is 0.319 e. The number of hydrogen-bond donors (Lipinski definition) is 1. The Morgan fingerprint density at radius 3 is 2.80 bits per heavy atom. The largest absolute Gasteiger partial charge is 0.349 e. The zero-order valence-electron chi connectivity index (χ0n) is 13.8. The number of nitrogens with zero attached hydrogens (tertiary/aromatic N) is 2. The van der Waals surface area contributed by atoms with E-state index in [0.29, 0.717) is 6.42 Å². The van der Waals surface area contributed by atoms with Crippen LogP contribution < -0.4 is 5.32 Å². The van der Waals surface area contributed by atoms with Gasteiger partial charge in [0.2, 0.25) is 5.91 Å². The van der Waals surface area contributed by atoms with Gasteiger partial charge in [-0.05, 0) is 24.3 Å². The van der Waals surface area contributed by atoms with Crippen LogP contribution in [0.5, 0.6) is 0 Å². The van der Waals surface area contributed by atoms with Crippen molar-refractivity contribution in [1.29, 1.82) is 0 Å². The molecule has 0 spiro atoms. The number of allylic oxidation sites excluding steroid dienone is 2. The molecule has 1 heterocycles. The quantitative estimate of drug-likeness (QED) is 0.770. The van der Waals surface area contributed by atoms with Crippen molar-refractivity contribution >= 4 is 5.91 Å². The lowest BCUT2D eigenvalue weighted by Crippen LogP contribution is -2.31. The predicted molar refractivity (Wildman–Crippen MR) is 91.0 cm³/mol. The van der Waals surface area contributed by atoms with Gasteiger partial charge < -0.3 is 5.32 Å². The average molecular weight is 345 g/mol. The molecule has 1 aromatic heterocycles. The number of amides is 1. The van der Waals surface area contributed by atoms with Crippen molar-refractivity contribution < 1.29 is 13.6 Å². The lowest BCUT2D eigenvalue weighted by Gasteiger charge is -2.20. The molecule has 25 heavy (non-hydrogen) atoms. The van der Waals surface area contributed by atoms with Crippen LogP contribution in [-0.2, 0) is 11.2 Å². The van der Waals surface area contributed by atoms with Gasteiger partial charge in [-0.15, -0.1) is 0 Å². The number of carbonyl (C=O) groups excluding carboxylic acids is 1. The first kappa shape index (κ1) is 17.3. The third-order valence-electron chi connectivity index (χ3n) is 4.44. The standard InChI is InChI=1S/C19H21F2N3O/c20-19(21)24-11-10-22-17(24)13-16(15-8-2-1-3-9-15)23-18(25)12-14-6-4-5-7-14/h1-4,6,8-11,14,16,19H,5,7,12-13H2,(H,23,25)/t14-,16+/m1/s1. The zero-order valence-corrected chi connectivity index (χ0v) is 13.8. The normalized spacial score (nSPS) is 17.8. The first-order chi connectivity index (χ1) is 12.1. The van der Waals surface area contributed by atoms with Crippen LogP contribution in [0.25, 0.3) is 0 Å². The maximum atomic E-state index is 13.1. The van der Waals surface area contributed by atoms with E-state index in [0.717, 1.165) is 23.0 Å². The highest BCUT2D eigenvalue weighted by molar-refractivity contribution is 5.77. The van der Waals surface area contributed by atoms with Crippen LogP contribution in [-0.4, -0.2) is 15.5 Å². The van der Waals surface area contributed by atoms with Crippen molar-refractivity contribution in [1.82, 2.24) is 14.9 Å². The van der Waals surface area contributed by atoms with Crippen molar-refractivity contribution in [3.63, 3.8) is 0 Å². The lowest BCUT2D eigenvalue weighted by molar-refractivity contribution is -0.122. The van der Waals surface area contributed by atoms with E-state index in [2.05, 4.69) is 22.5 Å². The molecule has 0 saturated heterocycles. The van der Waals surface area contributed by atoms with Crippen molar-refractivity contribution in [2.45, 2.75) is 38.3 Å². The molecule has 1 amide bonds. The minimum Gasteiger partial charge on any atom is -0.349 e. The van der Waals surface area contributed by atoms with E-state index in [1.807, 2.05) is 30.3 Å². The number of benzene rings is 1. The highest BCUT2D eigenvalue weighted by Gasteiger charge is 2.21. The molecule has 132 valence electrons. The summed E-state index contributed by atoms with van der Waals surface area (Å²) in [5.74, 6) is 0.449. The minimum atomic E-state index is -2.65. The van der Waals surface area contributed by atoms with Crippen LogP contribution in [0, 0.1) is 5.92 Å². The van der Waals surface area contributed by atoms with Gasteiger partial charge in [0.05, 0.1) is 6.04 Å². The minimum absolute atomic E-state index is 0.0689. The Hall–Kier alpha value is -2.50. The van der Waals surface area contributed by atoms with Crippen molar-refractivity contribution in [2.75, 3.05) is 0 Å². The summed E-state index contributed by atoms with van der Waals surface area (Å²) in [5.41, 5.74) is 0.877. The third kappa shape index (κ3) is 4.53. The number of nitrogens with one attached hydrogen (secondary N) is 1. The van der Waals surface area contributed by atoms with E-state index in [4.69, 9.17) is 0 Å². The van der Waals surface area contributed by atoms with E-state index in [1.54, 1.807) is 0 Å². The summed E-state index contributed by atoms with van der Waals surface area (Å²) in [4.78, 5) is 16.4. The molecule has 0 unspecified atom stereocenters. The molecule has 0 fully saturated rings. The molecule has 2 atom stereocenters. The number of carbonyl (C=O) groups is 1. The SMILES string of the molecule is O=C(C[C@@H]1C=CCC1)N[C@@H](Cc1nccn1C(F)F)c1ccccc1. The Bertz CT molecular complexity index is 727. The van der Waals surface area contributed by atoms with Crippen LogP contribution in [0.1, 0.15) is 43.2 Å². The molecule has 4 nitrogen and oxygen atoms in total. The van der Waals surface area contributed by atoms with Gasteiger partial charge in [0, 0.05) is 25.2 Å². The van der Waals surface area contributed by atoms with Gasteiger partial charge in [-0.1, -0.05) is 42.5 Å². The Morgan fingerprint density at radius 1 is 1.32 bits per heavy atom. The van der Waals surface area contributed by atoms with Gasteiger partial charge in [-0.3, -0.25) is 9.36 Å². The summed E-state index contributed by atoms with van der Waals surface area (Å²) >= 11 is 0. The first-order valence-corrected chi connectivity index (χ1v) is 8.44. The van der Waals surface area contributed by atoms with E-state index in [1.165, 1.54) is 12.4 Å². The summed E-state index contributed by atoms with van der Waals surface area (Å²) in [6.07, 6.45) is 9.40. The maximum Gasteiger partial charge on any atom is 0.319 e. The van der Waals surface area contributed by atoms with Gasteiger partial charge in [-0.2, -0.15) is 8.78 Å². The Labute approximate surface area is 145 Å². The van der Waals surface area contributed by atoms with Gasteiger partial charge in [0.25, 0.3) is 0 Å². The Balaban J connectivity index is 1.74. The fourth-order valence-corrected chi connectivity index (χ4v) is 3.16. The second-order valence-electron chi connectivity index (χ2n) is 6.23. The summed E-state index contributed by atoms with van der Waals surface area (Å²) in [6.45, 7) is -2.65. The monoisotopic (exact) mass is 345 g/mol. The number of alkyl halides is 2. The van der Waals surface area contributed by atoms with Gasteiger partial charge >= 0.3 is 6.55 Å². The molecule has 1 aliphatic rings. The van der Waals surface area contributed by atoms with Crippen molar-refractivity contribution in [2.24, 2.45) is 5.92 Å². The second kappa shape index (κ2) is 8.05. The summed E-state index contributed by atoms with van der Waals surface area (Å²) in [5, 5.41) is 2.99. The van der Waals surface area contributed by atoms with Crippen LogP contribution in [0.2, 0.25) is 0 Å². The molecule has 0 aliphatic heterocycles. The van der Waals surface area contributed by atoms with E-state index < -0.39 is 6.55 Å². The molecule has 1 aliphatic carbocycles. The molecule has 1 aromatic carbocycles. The predicted octanol–water partition coefficient (Wildman–Crippen LogP) is 4.03. The highest BCUT2D eigenvalue weighted by Crippen LogP contribution is 2.23. The van der Waals surface area contributed by atoms with Gasteiger partial charge in [-0.25, -0.2) is 4.98 Å². The van der Waals surface area contributed by atoms with Crippen LogP contribution in [0.4, 0.5) is 8.78 Å². The summed E-state index contributed by atoms with van der Waals surface area (Å²) < 4.78 is 27.0. The van der Waals surface area contributed by atoms with E-state index >= 15 is 0 Å². The molecule has 0 saturated carbocycles. The fourth-order valence-electron chi connectivity index (χ4n) is 3.16. The molecule has 6 heteroatoms. The fraction of sp³-hybridized carbons (Fsp3) is 0.368. The zero-order chi connectivity index (χ0) is 17.6. The maximum absolute atomic E-state index is 13.1. The topological polar surface area (TPSA) is 46.9 Å². The van der Waals surface area contributed by atoms with Crippen LogP contribution >= 0.6 is 0 Å². The number of halogens is 2. The molecule has 2 aromatic rings. The summed E-state index contributed by atoms with van der Waals surface area (Å²) in [7, 11) is 0. The summed E-state index contributed by atoms with van der Waals surface area (Å²) in [6, 6.07) is 9.00. The number of rotatable bonds is 7. The second-order valence-corrected chi connectivity index (χ2v) is 6.23. The molecular formula is C19H21F2N3O. The molecule has 1 N–H and O–H groups in total. The Morgan fingerprint density at radius 2 is 2.12 bits per heavy atom. The lowest BCUT2D eigenvalue weighted by atomic mass is 10.0. The Kier molecular flexibility index (Phi) is 5.58.